The minimum absolute atomic E-state index is 0.182. The average molecular weight is 216 g/mol. The Hall–Kier alpha value is -0.860. The van der Waals surface area contributed by atoms with E-state index in [0.29, 0.717) is 12.5 Å². The van der Waals surface area contributed by atoms with Crippen LogP contribution in [0.3, 0.4) is 0 Å². The second-order valence-corrected chi connectivity index (χ2v) is 3.99. The van der Waals surface area contributed by atoms with E-state index in [1.807, 2.05) is 13.8 Å². The first-order valence-electron chi connectivity index (χ1n) is 5.52. The van der Waals surface area contributed by atoms with Crippen molar-refractivity contribution in [2.75, 3.05) is 6.61 Å². The SMILES string of the molecule is CC(=O)CC(C)C.CCCCOC(C)=O. The van der Waals surface area contributed by atoms with Crippen LogP contribution in [0.1, 0.15) is 53.9 Å². The number of carbonyl (C=O) groups is 2. The number of carbonyl (C=O) groups excluding carboxylic acids is 2. The van der Waals surface area contributed by atoms with Gasteiger partial charge < -0.3 is 9.53 Å². The number of Topliss-reactive ketones (excluding diaryl/α,β-unsaturated/α-hetero) is 1. The zero-order valence-electron chi connectivity index (χ0n) is 10.6. The van der Waals surface area contributed by atoms with Crippen molar-refractivity contribution >= 4 is 11.8 Å². The number of hydrogen-bond acceptors (Lipinski definition) is 3. The summed E-state index contributed by atoms with van der Waals surface area (Å²) in [5.74, 6) is 0.631. The molecule has 0 unspecified atom stereocenters. The summed E-state index contributed by atoms with van der Waals surface area (Å²) in [6.07, 6.45) is 2.77. The van der Waals surface area contributed by atoms with Gasteiger partial charge in [0.1, 0.15) is 5.78 Å². The van der Waals surface area contributed by atoms with Crippen molar-refractivity contribution in [2.45, 2.75) is 53.9 Å². The van der Waals surface area contributed by atoms with Crippen LogP contribution in [0.5, 0.6) is 0 Å². The third-order valence-electron chi connectivity index (χ3n) is 1.50. The van der Waals surface area contributed by atoms with Crippen molar-refractivity contribution in [3.05, 3.63) is 0 Å². The minimum Gasteiger partial charge on any atom is -0.466 e. The van der Waals surface area contributed by atoms with Gasteiger partial charge in [0, 0.05) is 13.3 Å². The molecule has 0 rings (SSSR count). The Balaban J connectivity index is 0. The molecule has 0 N–H and O–H groups in total. The topological polar surface area (TPSA) is 43.4 Å². The minimum atomic E-state index is -0.182. The monoisotopic (exact) mass is 216 g/mol. The quantitative estimate of drug-likeness (QED) is 0.524. The molecule has 90 valence electrons. The van der Waals surface area contributed by atoms with Crippen molar-refractivity contribution < 1.29 is 14.3 Å². The molecule has 0 aliphatic rings. The standard InChI is InChI=1S/C6H12O2.C6H12O/c1-3-4-5-8-6(2)7;1-5(2)4-6(3)7/h3-5H2,1-2H3;5H,4H2,1-3H3. The van der Waals surface area contributed by atoms with Crippen LogP contribution < -0.4 is 0 Å². The average Bonchev–Trinajstić information content (AvgIpc) is 2.02. The van der Waals surface area contributed by atoms with Crippen molar-refractivity contribution in [1.29, 1.82) is 0 Å². The predicted octanol–water partition coefficient (Wildman–Crippen LogP) is 2.97. The molecule has 3 heteroatoms. The zero-order chi connectivity index (χ0) is 12.3. The second-order valence-electron chi connectivity index (χ2n) is 3.99. The largest absolute Gasteiger partial charge is 0.466 e. The first-order chi connectivity index (χ1) is 6.90. The van der Waals surface area contributed by atoms with Crippen LogP contribution >= 0.6 is 0 Å². The summed E-state index contributed by atoms with van der Waals surface area (Å²) in [7, 11) is 0. The summed E-state index contributed by atoms with van der Waals surface area (Å²) in [6.45, 7) is 9.77. The van der Waals surface area contributed by atoms with E-state index in [1.165, 1.54) is 6.92 Å². The van der Waals surface area contributed by atoms with Crippen LogP contribution in [0.4, 0.5) is 0 Å². The highest BCUT2D eigenvalue weighted by Crippen LogP contribution is 1.97. The maximum absolute atomic E-state index is 10.3. The van der Waals surface area contributed by atoms with Gasteiger partial charge in [0.05, 0.1) is 6.61 Å². The lowest BCUT2D eigenvalue weighted by atomic mass is 10.1. The van der Waals surface area contributed by atoms with E-state index in [2.05, 4.69) is 11.7 Å². The smallest absolute Gasteiger partial charge is 0.302 e. The summed E-state index contributed by atoms with van der Waals surface area (Å²) in [5, 5.41) is 0. The van der Waals surface area contributed by atoms with Gasteiger partial charge in [0.2, 0.25) is 0 Å². The van der Waals surface area contributed by atoms with Gasteiger partial charge in [-0.25, -0.2) is 0 Å². The Labute approximate surface area is 93.2 Å². The number of ether oxygens (including phenoxy) is 1. The maximum atomic E-state index is 10.3. The van der Waals surface area contributed by atoms with Crippen LogP contribution in [-0.2, 0) is 14.3 Å². The highest BCUT2D eigenvalue weighted by Gasteiger charge is 1.95. The molecular formula is C12H24O3. The Morgan fingerprint density at radius 2 is 1.73 bits per heavy atom. The van der Waals surface area contributed by atoms with Crippen LogP contribution in [-0.4, -0.2) is 18.4 Å². The van der Waals surface area contributed by atoms with Crippen LogP contribution in [0.25, 0.3) is 0 Å². The van der Waals surface area contributed by atoms with Gasteiger partial charge in [-0.15, -0.1) is 0 Å². The van der Waals surface area contributed by atoms with Crippen molar-refractivity contribution in [2.24, 2.45) is 5.92 Å². The Morgan fingerprint density at radius 1 is 1.20 bits per heavy atom. The van der Waals surface area contributed by atoms with Crippen LogP contribution in [0, 0.1) is 5.92 Å². The van der Waals surface area contributed by atoms with Crippen molar-refractivity contribution in [3.63, 3.8) is 0 Å². The van der Waals surface area contributed by atoms with E-state index in [9.17, 15) is 9.59 Å². The van der Waals surface area contributed by atoms with Gasteiger partial charge in [0.25, 0.3) is 0 Å². The molecule has 0 heterocycles. The van der Waals surface area contributed by atoms with E-state index in [0.717, 1.165) is 19.3 Å². The highest BCUT2D eigenvalue weighted by atomic mass is 16.5. The maximum Gasteiger partial charge on any atom is 0.302 e. The number of esters is 1. The van der Waals surface area contributed by atoms with Gasteiger partial charge in [-0.1, -0.05) is 27.2 Å². The number of hydrogen-bond donors (Lipinski definition) is 0. The lowest BCUT2D eigenvalue weighted by Crippen LogP contribution is -1.99. The molecule has 0 aliphatic heterocycles. The van der Waals surface area contributed by atoms with E-state index in [4.69, 9.17) is 0 Å². The van der Waals surface area contributed by atoms with Gasteiger partial charge >= 0.3 is 5.97 Å². The summed E-state index contributed by atoms with van der Waals surface area (Å²) in [5.41, 5.74) is 0. The van der Waals surface area contributed by atoms with E-state index in [-0.39, 0.29) is 11.8 Å². The molecule has 0 aromatic rings. The number of rotatable bonds is 5. The first-order valence-corrected chi connectivity index (χ1v) is 5.52. The number of unbranched alkanes of at least 4 members (excludes halogenated alkanes) is 1. The molecule has 0 radical (unpaired) electrons. The highest BCUT2D eigenvalue weighted by molar-refractivity contribution is 5.75. The van der Waals surface area contributed by atoms with E-state index >= 15 is 0 Å². The number of ketones is 1. The molecule has 0 saturated heterocycles. The van der Waals surface area contributed by atoms with Crippen LogP contribution in [0.2, 0.25) is 0 Å². The normalized spacial score (nSPS) is 9.20. The van der Waals surface area contributed by atoms with Crippen molar-refractivity contribution in [3.8, 4) is 0 Å². The lowest BCUT2D eigenvalue weighted by molar-refractivity contribution is -0.141. The third kappa shape index (κ3) is 24.6. The molecule has 0 aliphatic carbocycles. The summed E-state index contributed by atoms with van der Waals surface area (Å²) in [6, 6.07) is 0. The molecule has 0 amide bonds. The molecule has 0 saturated carbocycles. The van der Waals surface area contributed by atoms with Gasteiger partial charge in [-0.05, 0) is 19.3 Å². The fraction of sp³-hybridized carbons (Fsp3) is 0.833. The zero-order valence-corrected chi connectivity index (χ0v) is 10.6. The van der Waals surface area contributed by atoms with Gasteiger partial charge in [0.15, 0.2) is 0 Å². The summed E-state index contributed by atoms with van der Waals surface area (Å²) in [4.78, 5) is 20.4. The molecule has 0 aromatic heterocycles. The first kappa shape index (κ1) is 16.6. The fourth-order valence-corrected chi connectivity index (χ4v) is 0.935. The van der Waals surface area contributed by atoms with Gasteiger partial charge in [-0.3, -0.25) is 4.79 Å². The van der Waals surface area contributed by atoms with E-state index < -0.39 is 0 Å². The molecule has 3 nitrogen and oxygen atoms in total. The Bertz CT molecular complexity index is 174. The summed E-state index contributed by atoms with van der Waals surface area (Å²) >= 11 is 0. The third-order valence-corrected chi connectivity index (χ3v) is 1.50. The van der Waals surface area contributed by atoms with Gasteiger partial charge in [-0.2, -0.15) is 0 Å². The molecular weight excluding hydrogens is 192 g/mol. The Kier molecular flexibility index (Phi) is 12.4. The molecule has 15 heavy (non-hydrogen) atoms. The Morgan fingerprint density at radius 3 is 1.93 bits per heavy atom. The molecule has 0 bridgehead atoms. The summed E-state index contributed by atoms with van der Waals surface area (Å²) < 4.78 is 4.64. The lowest BCUT2D eigenvalue weighted by Gasteiger charge is -1.96. The fourth-order valence-electron chi connectivity index (χ4n) is 0.935. The second kappa shape index (κ2) is 11.2. The van der Waals surface area contributed by atoms with E-state index in [1.54, 1.807) is 6.92 Å². The molecule has 0 aromatic carbocycles. The predicted molar refractivity (Wildman–Crippen MR) is 61.7 cm³/mol. The molecule has 0 spiro atoms. The van der Waals surface area contributed by atoms with Crippen molar-refractivity contribution in [1.82, 2.24) is 0 Å². The van der Waals surface area contributed by atoms with Crippen LogP contribution in [0.15, 0.2) is 0 Å². The molecule has 0 atom stereocenters. The molecule has 0 fully saturated rings.